The number of ketones is 1. The van der Waals surface area contributed by atoms with E-state index in [2.05, 4.69) is 6.08 Å². The van der Waals surface area contributed by atoms with Gasteiger partial charge in [0.1, 0.15) is 5.78 Å². The highest BCUT2D eigenvalue weighted by Gasteiger charge is 1.85. The van der Waals surface area contributed by atoms with Gasteiger partial charge in [-0.1, -0.05) is 24.3 Å². The molecule has 1 unspecified atom stereocenters. The Balaban J connectivity index is 3.35. The van der Waals surface area contributed by atoms with Crippen LogP contribution in [0.5, 0.6) is 0 Å². The summed E-state index contributed by atoms with van der Waals surface area (Å²) in [5.41, 5.74) is 5.52. The van der Waals surface area contributed by atoms with Crippen molar-refractivity contribution >= 4 is 5.78 Å². The van der Waals surface area contributed by atoms with Crippen LogP contribution in [0.4, 0.5) is 0 Å². The molecule has 0 spiro atoms. The zero-order valence-electron chi connectivity index (χ0n) is 8.49. The van der Waals surface area contributed by atoms with E-state index >= 15 is 0 Å². The smallest absolute Gasteiger partial charge is 0.133 e. The van der Waals surface area contributed by atoms with Crippen molar-refractivity contribution in [3.63, 3.8) is 0 Å². The highest BCUT2D eigenvalue weighted by Crippen LogP contribution is 1.95. The lowest BCUT2D eigenvalue weighted by molar-refractivity contribution is -0.116. The summed E-state index contributed by atoms with van der Waals surface area (Å²) in [5, 5.41) is 0. The zero-order valence-corrected chi connectivity index (χ0v) is 8.49. The van der Waals surface area contributed by atoms with Crippen molar-refractivity contribution < 1.29 is 4.79 Å². The quantitative estimate of drug-likeness (QED) is 0.504. The third-order valence-corrected chi connectivity index (χ3v) is 1.51. The fourth-order valence-corrected chi connectivity index (χ4v) is 0.870. The van der Waals surface area contributed by atoms with Crippen molar-refractivity contribution in [2.45, 2.75) is 39.2 Å². The average Bonchev–Trinajstić information content (AvgIpc) is 2.01. The first-order chi connectivity index (χ1) is 6.13. The van der Waals surface area contributed by atoms with Gasteiger partial charge in [0.15, 0.2) is 0 Å². The van der Waals surface area contributed by atoms with Crippen molar-refractivity contribution in [1.29, 1.82) is 0 Å². The largest absolute Gasteiger partial charge is 0.325 e. The number of allylic oxidation sites excluding steroid dienone is 3. The molecule has 0 aromatic heterocycles. The molecule has 1 atom stereocenters. The van der Waals surface area contributed by atoms with E-state index in [1.807, 2.05) is 25.2 Å². The lowest BCUT2D eigenvalue weighted by Crippen LogP contribution is -2.09. The van der Waals surface area contributed by atoms with Crippen LogP contribution in [-0.4, -0.2) is 11.8 Å². The summed E-state index contributed by atoms with van der Waals surface area (Å²) in [7, 11) is 0. The van der Waals surface area contributed by atoms with E-state index in [4.69, 9.17) is 5.73 Å². The molecule has 0 aromatic rings. The molecule has 0 aliphatic heterocycles. The first-order valence-corrected chi connectivity index (χ1v) is 4.69. The molecule has 0 saturated carbocycles. The van der Waals surface area contributed by atoms with E-state index in [-0.39, 0.29) is 11.8 Å². The zero-order chi connectivity index (χ0) is 10.1. The maximum atomic E-state index is 10.5. The summed E-state index contributed by atoms with van der Waals surface area (Å²) in [6.45, 7) is 3.54. The second kappa shape index (κ2) is 7.74. The predicted octanol–water partition coefficient (Wildman–Crippen LogP) is 2.21. The Morgan fingerprint density at radius 3 is 2.46 bits per heavy atom. The van der Waals surface area contributed by atoms with Crippen LogP contribution < -0.4 is 5.73 Å². The molecule has 2 heteroatoms. The summed E-state index contributed by atoms with van der Waals surface area (Å²) in [6.07, 6.45) is 10.5. The topological polar surface area (TPSA) is 43.1 Å². The van der Waals surface area contributed by atoms with Crippen molar-refractivity contribution in [3.05, 3.63) is 24.3 Å². The number of unbranched alkanes of at least 4 members (excludes halogenated alkanes) is 1. The summed E-state index contributed by atoms with van der Waals surface area (Å²) in [5.74, 6) is 0.211. The van der Waals surface area contributed by atoms with E-state index in [0.29, 0.717) is 6.42 Å². The molecule has 0 aromatic carbocycles. The molecule has 2 N–H and O–H groups in total. The lowest BCUT2D eigenvalue weighted by atomic mass is 10.2. The number of hydrogen-bond donors (Lipinski definition) is 1. The molecule has 0 saturated heterocycles. The maximum Gasteiger partial charge on any atom is 0.133 e. The normalized spacial score (nSPS) is 14.1. The van der Waals surface area contributed by atoms with Crippen LogP contribution in [0.25, 0.3) is 0 Å². The Labute approximate surface area is 80.5 Å². The van der Waals surface area contributed by atoms with Crippen molar-refractivity contribution in [2.75, 3.05) is 0 Å². The van der Waals surface area contributed by atoms with Gasteiger partial charge in [-0.2, -0.15) is 0 Å². The van der Waals surface area contributed by atoms with Crippen LogP contribution in [-0.2, 0) is 4.79 Å². The number of Topliss-reactive ketones (excluding diaryl/α,β-unsaturated/α-hetero) is 1. The van der Waals surface area contributed by atoms with E-state index in [0.717, 1.165) is 12.8 Å². The standard InChI is InChI=1S/C11H19NO/c1-10(12)8-6-4-3-5-7-9-11(2)13/h5-8,10H,3-4,9,12H2,1-2H3/b7-5+,8-6?. The molecule has 0 fully saturated rings. The van der Waals surface area contributed by atoms with Gasteiger partial charge in [0.05, 0.1) is 0 Å². The average molecular weight is 181 g/mol. The molecule has 0 aliphatic rings. The van der Waals surface area contributed by atoms with Crippen LogP contribution in [0.2, 0.25) is 0 Å². The van der Waals surface area contributed by atoms with Gasteiger partial charge in [-0.3, -0.25) is 4.79 Å². The summed E-state index contributed by atoms with van der Waals surface area (Å²) >= 11 is 0. The van der Waals surface area contributed by atoms with Gasteiger partial charge in [0.2, 0.25) is 0 Å². The third kappa shape index (κ3) is 11.1. The Hall–Kier alpha value is -0.890. The molecule has 0 amide bonds. The van der Waals surface area contributed by atoms with Gasteiger partial charge < -0.3 is 5.73 Å². The van der Waals surface area contributed by atoms with Crippen LogP contribution in [0.15, 0.2) is 24.3 Å². The molecule has 0 heterocycles. The Morgan fingerprint density at radius 1 is 1.31 bits per heavy atom. The fraction of sp³-hybridized carbons (Fsp3) is 0.545. The second-order valence-corrected chi connectivity index (χ2v) is 3.24. The van der Waals surface area contributed by atoms with Crippen molar-refractivity contribution in [1.82, 2.24) is 0 Å². The molecule has 0 bridgehead atoms. The second-order valence-electron chi connectivity index (χ2n) is 3.24. The Kier molecular flexibility index (Phi) is 7.21. The van der Waals surface area contributed by atoms with Gasteiger partial charge in [0.25, 0.3) is 0 Å². The highest BCUT2D eigenvalue weighted by molar-refractivity contribution is 5.76. The highest BCUT2D eigenvalue weighted by atomic mass is 16.1. The summed E-state index contributed by atoms with van der Waals surface area (Å²) in [6, 6.07) is 0.140. The minimum absolute atomic E-state index is 0.140. The van der Waals surface area contributed by atoms with Gasteiger partial charge in [0, 0.05) is 12.5 Å². The minimum Gasteiger partial charge on any atom is -0.325 e. The number of nitrogens with two attached hydrogens (primary N) is 1. The number of rotatable bonds is 6. The fourth-order valence-electron chi connectivity index (χ4n) is 0.870. The molecule has 0 rings (SSSR count). The molecule has 13 heavy (non-hydrogen) atoms. The first-order valence-electron chi connectivity index (χ1n) is 4.69. The Morgan fingerprint density at radius 2 is 1.92 bits per heavy atom. The SMILES string of the molecule is CC(=O)C/C=C/CCC=CC(C)N. The first kappa shape index (κ1) is 12.1. The van der Waals surface area contributed by atoms with E-state index in [1.165, 1.54) is 0 Å². The number of carbonyl (C=O) groups excluding carboxylic acids is 1. The van der Waals surface area contributed by atoms with E-state index in [1.54, 1.807) is 6.92 Å². The van der Waals surface area contributed by atoms with Crippen LogP contribution in [0.3, 0.4) is 0 Å². The monoisotopic (exact) mass is 181 g/mol. The predicted molar refractivity (Wildman–Crippen MR) is 56.5 cm³/mol. The molecular weight excluding hydrogens is 162 g/mol. The minimum atomic E-state index is 0.140. The van der Waals surface area contributed by atoms with Crippen molar-refractivity contribution in [2.24, 2.45) is 5.73 Å². The van der Waals surface area contributed by atoms with Gasteiger partial charge in [-0.15, -0.1) is 0 Å². The Bertz CT molecular complexity index is 192. The summed E-state index contributed by atoms with van der Waals surface area (Å²) in [4.78, 5) is 10.5. The molecule has 0 radical (unpaired) electrons. The third-order valence-electron chi connectivity index (χ3n) is 1.51. The van der Waals surface area contributed by atoms with Crippen LogP contribution in [0, 0.1) is 0 Å². The van der Waals surface area contributed by atoms with Crippen LogP contribution in [0.1, 0.15) is 33.1 Å². The molecule has 2 nitrogen and oxygen atoms in total. The van der Waals surface area contributed by atoms with Gasteiger partial charge in [-0.05, 0) is 26.7 Å². The van der Waals surface area contributed by atoms with Gasteiger partial charge >= 0.3 is 0 Å². The molecular formula is C11H19NO. The van der Waals surface area contributed by atoms with E-state index in [9.17, 15) is 4.79 Å². The molecule has 0 aliphatic carbocycles. The van der Waals surface area contributed by atoms with E-state index < -0.39 is 0 Å². The maximum absolute atomic E-state index is 10.5. The number of hydrogen-bond acceptors (Lipinski definition) is 2. The summed E-state index contributed by atoms with van der Waals surface area (Å²) < 4.78 is 0. The van der Waals surface area contributed by atoms with Crippen molar-refractivity contribution in [3.8, 4) is 0 Å². The lowest BCUT2D eigenvalue weighted by Gasteiger charge is -1.92. The van der Waals surface area contributed by atoms with Crippen LogP contribution >= 0.6 is 0 Å². The van der Waals surface area contributed by atoms with Gasteiger partial charge in [-0.25, -0.2) is 0 Å². The molecule has 74 valence electrons. The number of carbonyl (C=O) groups is 1.